The van der Waals surface area contributed by atoms with Crippen LogP contribution in [0, 0.1) is 9.39 Å². The third kappa shape index (κ3) is 3.03. The molecule has 5 nitrogen and oxygen atoms in total. The fraction of sp³-hybridized carbons (Fsp3) is 0.154. The van der Waals surface area contributed by atoms with Crippen LogP contribution in [0.3, 0.4) is 0 Å². The Morgan fingerprint density at radius 3 is 2.85 bits per heavy atom. The van der Waals surface area contributed by atoms with E-state index in [9.17, 15) is 14.0 Å². The minimum absolute atomic E-state index is 0.156. The maximum Gasteiger partial charge on any atom is 0.362 e. The van der Waals surface area contributed by atoms with Gasteiger partial charge in [-0.05, 0) is 47.7 Å². The van der Waals surface area contributed by atoms with Gasteiger partial charge in [-0.15, -0.1) is 0 Å². The molecular weight excluding hydrogens is 378 g/mol. The lowest BCUT2D eigenvalue weighted by Gasteiger charge is -2.09. The average molecular weight is 388 g/mol. The molecular formula is C13H10FIN2O3. The third-order valence-corrected chi connectivity index (χ3v) is 3.30. The van der Waals surface area contributed by atoms with Gasteiger partial charge in [-0.2, -0.15) is 5.10 Å². The number of benzene rings is 1. The summed E-state index contributed by atoms with van der Waals surface area (Å²) in [4.78, 5) is 23.2. The van der Waals surface area contributed by atoms with Crippen LogP contribution in [0.5, 0.6) is 0 Å². The Balaban J connectivity index is 2.51. The van der Waals surface area contributed by atoms with Crippen molar-refractivity contribution < 1.29 is 13.9 Å². The fourth-order valence-corrected chi connectivity index (χ4v) is 2.27. The third-order valence-electron chi connectivity index (χ3n) is 2.43. The highest BCUT2D eigenvalue weighted by molar-refractivity contribution is 14.1. The first-order chi connectivity index (χ1) is 9.52. The summed E-state index contributed by atoms with van der Waals surface area (Å²) < 4.78 is 19.8. The summed E-state index contributed by atoms with van der Waals surface area (Å²) in [6, 6.07) is 5.35. The van der Waals surface area contributed by atoms with Gasteiger partial charge in [-0.25, -0.2) is 13.9 Å². The quantitative estimate of drug-likeness (QED) is 0.598. The summed E-state index contributed by atoms with van der Waals surface area (Å²) in [7, 11) is 0. The average Bonchev–Trinajstić information content (AvgIpc) is 2.40. The summed E-state index contributed by atoms with van der Waals surface area (Å²) in [5.41, 5.74) is -0.246. The van der Waals surface area contributed by atoms with E-state index >= 15 is 0 Å². The van der Waals surface area contributed by atoms with E-state index in [2.05, 4.69) is 5.10 Å². The number of aromatic nitrogens is 2. The standard InChI is InChI=1S/C13H10FIN2O3/c1-2-20-13(19)12-11(18)5-6-17(16-12)10-4-3-8(14)7-9(10)15/h3-7H,2H2,1H3. The monoisotopic (exact) mass is 388 g/mol. The van der Waals surface area contributed by atoms with Gasteiger partial charge in [0.15, 0.2) is 0 Å². The van der Waals surface area contributed by atoms with Crippen molar-refractivity contribution in [2.24, 2.45) is 0 Å². The minimum Gasteiger partial charge on any atom is -0.461 e. The zero-order valence-electron chi connectivity index (χ0n) is 10.5. The molecule has 0 saturated carbocycles. The number of hydrogen-bond acceptors (Lipinski definition) is 4. The van der Waals surface area contributed by atoms with Gasteiger partial charge in [0.25, 0.3) is 0 Å². The highest BCUT2D eigenvalue weighted by Crippen LogP contribution is 2.17. The molecule has 0 aliphatic carbocycles. The molecule has 0 spiro atoms. The Morgan fingerprint density at radius 1 is 1.45 bits per heavy atom. The van der Waals surface area contributed by atoms with E-state index in [0.717, 1.165) is 0 Å². The van der Waals surface area contributed by atoms with Gasteiger partial charge < -0.3 is 4.74 Å². The van der Waals surface area contributed by atoms with Crippen molar-refractivity contribution in [1.29, 1.82) is 0 Å². The largest absolute Gasteiger partial charge is 0.461 e. The zero-order chi connectivity index (χ0) is 14.7. The second-order valence-electron chi connectivity index (χ2n) is 3.79. The van der Waals surface area contributed by atoms with Crippen molar-refractivity contribution in [3.05, 3.63) is 55.8 Å². The highest BCUT2D eigenvalue weighted by atomic mass is 127. The van der Waals surface area contributed by atoms with Gasteiger partial charge in [0.2, 0.25) is 11.1 Å². The lowest BCUT2D eigenvalue weighted by Crippen LogP contribution is -2.22. The van der Waals surface area contributed by atoms with Gasteiger partial charge in [-0.3, -0.25) is 4.79 Å². The van der Waals surface area contributed by atoms with Crippen LogP contribution in [0.15, 0.2) is 35.3 Å². The van der Waals surface area contributed by atoms with Crippen molar-refractivity contribution in [2.75, 3.05) is 6.61 Å². The maximum atomic E-state index is 13.1. The Labute approximate surface area is 127 Å². The first kappa shape index (κ1) is 14.6. The van der Waals surface area contributed by atoms with Crippen LogP contribution < -0.4 is 5.43 Å². The molecule has 0 N–H and O–H groups in total. The molecule has 0 fully saturated rings. The molecule has 1 aromatic heterocycles. The molecule has 0 aliphatic heterocycles. The van der Waals surface area contributed by atoms with E-state index in [1.165, 1.54) is 35.1 Å². The van der Waals surface area contributed by atoms with Crippen LogP contribution in [0.4, 0.5) is 4.39 Å². The predicted octanol–water partition coefficient (Wildman–Crippen LogP) is 2.15. The SMILES string of the molecule is CCOC(=O)c1nn(-c2ccc(F)cc2I)ccc1=O. The number of carbonyl (C=O) groups excluding carboxylic acids is 1. The van der Waals surface area contributed by atoms with E-state index in [4.69, 9.17) is 4.74 Å². The van der Waals surface area contributed by atoms with Crippen molar-refractivity contribution in [3.8, 4) is 5.69 Å². The molecule has 7 heteroatoms. The van der Waals surface area contributed by atoms with Gasteiger partial charge in [0, 0.05) is 15.8 Å². The Bertz CT molecular complexity index is 715. The molecule has 2 aromatic rings. The lowest BCUT2D eigenvalue weighted by molar-refractivity contribution is 0.0515. The molecule has 0 bridgehead atoms. The molecule has 0 atom stereocenters. The number of carbonyl (C=O) groups is 1. The number of esters is 1. The molecule has 1 heterocycles. The van der Waals surface area contributed by atoms with Crippen molar-refractivity contribution in [3.63, 3.8) is 0 Å². The summed E-state index contributed by atoms with van der Waals surface area (Å²) in [6.45, 7) is 1.80. The van der Waals surface area contributed by atoms with Crippen molar-refractivity contribution in [2.45, 2.75) is 6.92 Å². The Morgan fingerprint density at radius 2 is 2.20 bits per heavy atom. The molecule has 0 amide bonds. The number of rotatable bonds is 3. The molecule has 20 heavy (non-hydrogen) atoms. The first-order valence-corrected chi connectivity index (χ1v) is 6.83. The predicted molar refractivity (Wildman–Crippen MR) is 78.5 cm³/mol. The van der Waals surface area contributed by atoms with Crippen molar-refractivity contribution in [1.82, 2.24) is 9.78 Å². The van der Waals surface area contributed by atoms with E-state index in [1.807, 2.05) is 22.6 Å². The fourth-order valence-electron chi connectivity index (χ4n) is 1.55. The van der Waals surface area contributed by atoms with Gasteiger partial charge in [-0.1, -0.05) is 0 Å². The normalized spacial score (nSPS) is 10.3. The molecule has 0 saturated heterocycles. The van der Waals surface area contributed by atoms with E-state index in [0.29, 0.717) is 9.26 Å². The maximum absolute atomic E-state index is 13.1. The smallest absolute Gasteiger partial charge is 0.362 e. The Hall–Kier alpha value is -1.77. The van der Waals surface area contributed by atoms with Crippen LogP contribution >= 0.6 is 22.6 Å². The molecule has 0 radical (unpaired) electrons. The molecule has 104 valence electrons. The topological polar surface area (TPSA) is 61.2 Å². The molecule has 0 aliphatic rings. The summed E-state index contributed by atoms with van der Waals surface area (Å²) in [6.07, 6.45) is 1.42. The first-order valence-electron chi connectivity index (χ1n) is 5.75. The zero-order valence-corrected chi connectivity index (χ0v) is 12.6. The van der Waals surface area contributed by atoms with E-state index < -0.39 is 11.4 Å². The van der Waals surface area contributed by atoms with E-state index in [1.54, 1.807) is 6.92 Å². The molecule has 2 rings (SSSR count). The molecule has 1 aromatic carbocycles. The van der Waals surface area contributed by atoms with Gasteiger partial charge >= 0.3 is 5.97 Å². The minimum atomic E-state index is -0.774. The summed E-state index contributed by atoms with van der Waals surface area (Å²) in [5.74, 6) is -1.14. The summed E-state index contributed by atoms with van der Waals surface area (Å²) in [5, 5.41) is 3.95. The number of ether oxygens (including phenoxy) is 1. The van der Waals surface area contributed by atoms with Crippen molar-refractivity contribution >= 4 is 28.6 Å². The van der Waals surface area contributed by atoms with Crippen LogP contribution in [-0.2, 0) is 4.74 Å². The number of hydrogen-bond donors (Lipinski definition) is 0. The van der Waals surface area contributed by atoms with Crippen LogP contribution in [0.2, 0.25) is 0 Å². The van der Waals surface area contributed by atoms with Gasteiger partial charge in [0.05, 0.1) is 12.3 Å². The highest BCUT2D eigenvalue weighted by Gasteiger charge is 2.15. The second kappa shape index (κ2) is 6.12. The Kier molecular flexibility index (Phi) is 4.48. The molecule has 0 unspecified atom stereocenters. The lowest BCUT2D eigenvalue weighted by atomic mass is 10.3. The van der Waals surface area contributed by atoms with Gasteiger partial charge in [0.1, 0.15) is 5.82 Å². The number of nitrogens with zero attached hydrogens (tertiary/aromatic N) is 2. The second-order valence-corrected chi connectivity index (χ2v) is 4.95. The summed E-state index contributed by atoms with van der Waals surface area (Å²) >= 11 is 1.95. The van der Waals surface area contributed by atoms with Crippen LogP contribution in [-0.4, -0.2) is 22.4 Å². The number of halogens is 2. The van der Waals surface area contributed by atoms with Crippen LogP contribution in [0.1, 0.15) is 17.4 Å². The van der Waals surface area contributed by atoms with Crippen LogP contribution in [0.25, 0.3) is 5.69 Å². The van der Waals surface area contributed by atoms with E-state index in [-0.39, 0.29) is 18.1 Å².